The first-order valence-corrected chi connectivity index (χ1v) is 6.75. The van der Waals surface area contributed by atoms with Crippen molar-refractivity contribution in [2.45, 2.75) is 30.3 Å². The minimum atomic E-state index is -0.951. The van der Waals surface area contributed by atoms with Gasteiger partial charge in [0.2, 0.25) is 0 Å². The summed E-state index contributed by atoms with van der Waals surface area (Å²) in [7, 11) is -0.951. The zero-order valence-corrected chi connectivity index (χ0v) is 7.41. The Labute approximate surface area is 61.5 Å². The van der Waals surface area contributed by atoms with Gasteiger partial charge >= 0.3 is 0 Å². The fraction of sp³-hybridized carbons (Fsp3) is 1.00. The van der Waals surface area contributed by atoms with Crippen molar-refractivity contribution < 1.29 is 0 Å². The minimum Gasteiger partial charge on any atom is -0.170 e. The van der Waals surface area contributed by atoms with Crippen molar-refractivity contribution in [2.75, 3.05) is 0 Å². The Kier molecular flexibility index (Phi) is 2.67. The van der Waals surface area contributed by atoms with Gasteiger partial charge in [0, 0.05) is 5.00 Å². The first-order valence-electron chi connectivity index (χ1n) is 3.09. The molecule has 0 aromatic heterocycles. The van der Waals surface area contributed by atoms with Crippen LogP contribution in [0.2, 0.25) is 6.04 Å². The highest BCUT2D eigenvalue weighted by molar-refractivity contribution is 7.10. The highest BCUT2D eigenvalue weighted by Crippen LogP contribution is 2.24. The predicted octanol–water partition coefficient (Wildman–Crippen LogP) is 2.28. The number of hydrogen-bond acceptors (Lipinski definition) is 0. The summed E-state index contributed by atoms with van der Waals surface area (Å²) in [5, 5.41) is 0.380. The van der Waals surface area contributed by atoms with E-state index in [1.165, 1.54) is 25.3 Å². The van der Waals surface area contributed by atoms with Crippen molar-refractivity contribution in [2.24, 2.45) is 0 Å². The molecule has 0 aliphatic carbocycles. The van der Waals surface area contributed by atoms with Crippen LogP contribution in [0.3, 0.4) is 0 Å². The summed E-state index contributed by atoms with van der Waals surface area (Å²) < 4.78 is 0. The van der Waals surface area contributed by atoms with Crippen LogP contribution in [0.15, 0.2) is 0 Å². The van der Waals surface area contributed by atoms with E-state index < -0.39 is 8.11 Å². The van der Waals surface area contributed by atoms with Gasteiger partial charge in [-0.3, -0.25) is 0 Å². The van der Waals surface area contributed by atoms with Gasteiger partial charge in [-0.1, -0.05) is 12.8 Å². The Morgan fingerprint density at radius 2 is 2.12 bits per heavy atom. The van der Waals surface area contributed by atoms with E-state index in [0.717, 1.165) is 0 Å². The Morgan fingerprint density at radius 3 is 2.50 bits per heavy atom. The molecule has 0 aromatic carbocycles. The molecule has 0 bridgehead atoms. The molecule has 1 rings (SSSR count). The van der Waals surface area contributed by atoms with Crippen LogP contribution < -0.4 is 0 Å². The van der Waals surface area contributed by atoms with Gasteiger partial charge in [-0.05, 0) is 12.5 Å². The Hall–Kier alpha value is 0.797. The molecule has 0 saturated carbocycles. The molecule has 0 spiro atoms. The molecule has 8 heavy (non-hydrogen) atoms. The largest absolute Gasteiger partial charge is 0.170 e. The molecular weight excluding hydrogens is 159 g/mol. The Balaban J connectivity index is 2.28. The van der Waals surface area contributed by atoms with E-state index in [9.17, 15) is 0 Å². The van der Waals surface area contributed by atoms with Crippen LogP contribution in [0.5, 0.6) is 0 Å². The molecular formula is C5H10Cl2Si. The summed E-state index contributed by atoms with van der Waals surface area (Å²) in [6, 6.07) is 1.25. The van der Waals surface area contributed by atoms with E-state index in [1.54, 1.807) is 0 Å². The first kappa shape index (κ1) is 6.91. The third-order valence-corrected chi connectivity index (χ3v) is 6.77. The van der Waals surface area contributed by atoms with Crippen molar-refractivity contribution in [3.8, 4) is 0 Å². The molecule has 0 aromatic rings. The standard InChI is InChI=1S/C5H10Cl2Si/c6-5-3-1-2-4-8(5)7/h5,8H,1-4H2. The van der Waals surface area contributed by atoms with Gasteiger partial charge in [0.25, 0.3) is 0 Å². The number of alkyl halides is 1. The van der Waals surface area contributed by atoms with Crippen LogP contribution in [0, 0.1) is 0 Å². The summed E-state index contributed by atoms with van der Waals surface area (Å²) in [4.78, 5) is 0. The molecule has 1 fully saturated rings. The highest BCUT2D eigenvalue weighted by Gasteiger charge is 2.21. The quantitative estimate of drug-likeness (QED) is 0.296. The Morgan fingerprint density at radius 1 is 1.38 bits per heavy atom. The molecule has 1 saturated heterocycles. The minimum absolute atomic E-state index is 0.380. The van der Waals surface area contributed by atoms with Crippen molar-refractivity contribution >= 4 is 30.8 Å². The second-order valence-corrected chi connectivity index (χ2v) is 7.40. The van der Waals surface area contributed by atoms with Crippen LogP contribution in [-0.2, 0) is 0 Å². The number of halogens is 2. The van der Waals surface area contributed by atoms with E-state index in [1.807, 2.05) is 0 Å². The molecule has 2 unspecified atom stereocenters. The van der Waals surface area contributed by atoms with Crippen molar-refractivity contribution in [3.05, 3.63) is 0 Å². The number of hydrogen-bond donors (Lipinski definition) is 0. The molecule has 3 heteroatoms. The second-order valence-electron chi connectivity index (χ2n) is 2.32. The molecule has 0 amide bonds. The topological polar surface area (TPSA) is 0 Å². The average Bonchev–Trinajstić information content (AvgIpc) is 1.77. The summed E-state index contributed by atoms with van der Waals surface area (Å²) in [6.07, 6.45) is 3.79. The van der Waals surface area contributed by atoms with Crippen molar-refractivity contribution in [3.63, 3.8) is 0 Å². The molecule has 0 radical (unpaired) electrons. The third kappa shape index (κ3) is 1.64. The van der Waals surface area contributed by atoms with Crippen molar-refractivity contribution in [1.29, 1.82) is 0 Å². The maximum absolute atomic E-state index is 5.97. The molecule has 1 aliphatic rings. The third-order valence-electron chi connectivity index (χ3n) is 1.60. The lowest BCUT2D eigenvalue weighted by molar-refractivity contribution is 0.713. The average molecular weight is 169 g/mol. The van der Waals surface area contributed by atoms with Gasteiger partial charge in [-0.25, -0.2) is 0 Å². The normalized spacial score (nSPS) is 39.8. The number of rotatable bonds is 0. The maximum Gasteiger partial charge on any atom is 0.158 e. The summed E-state index contributed by atoms with van der Waals surface area (Å²) in [6.45, 7) is 0. The van der Waals surface area contributed by atoms with Gasteiger partial charge in [-0.2, -0.15) is 11.1 Å². The van der Waals surface area contributed by atoms with Crippen LogP contribution in [-0.4, -0.2) is 13.1 Å². The lowest BCUT2D eigenvalue weighted by Gasteiger charge is -2.18. The van der Waals surface area contributed by atoms with Crippen LogP contribution in [0.4, 0.5) is 0 Å². The summed E-state index contributed by atoms with van der Waals surface area (Å²) >= 11 is 11.9. The lowest BCUT2D eigenvalue weighted by Crippen LogP contribution is -2.23. The first-order chi connectivity index (χ1) is 3.80. The molecule has 1 aliphatic heterocycles. The van der Waals surface area contributed by atoms with Gasteiger partial charge in [0.1, 0.15) is 0 Å². The monoisotopic (exact) mass is 168 g/mol. The van der Waals surface area contributed by atoms with Crippen LogP contribution in [0.1, 0.15) is 19.3 Å². The van der Waals surface area contributed by atoms with Gasteiger partial charge in [-0.15, -0.1) is 11.6 Å². The second kappa shape index (κ2) is 3.09. The highest BCUT2D eigenvalue weighted by atomic mass is 35.6. The molecule has 1 heterocycles. The smallest absolute Gasteiger partial charge is 0.158 e. The predicted molar refractivity (Wildman–Crippen MR) is 41.3 cm³/mol. The van der Waals surface area contributed by atoms with Crippen LogP contribution in [0.25, 0.3) is 0 Å². The zero-order chi connectivity index (χ0) is 5.98. The fourth-order valence-corrected chi connectivity index (χ4v) is 4.05. The summed E-state index contributed by atoms with van der Waals surface area (Å²) in [5.41, 5.74) is 0. The van der Waals surface area contributed by atoms with E-state index in [4.69, 9.17) is 22.7 Å². The molecule has 48 valence electrons. The van der Waals surface area contributed by atoms with Crippen molar-refractivity contribution in [1.82, 2.24) is 0 Å². The molecule has 0 nitrogen and oxygen atoms in total. The van der Waals surface area contributed by atoms with E-state index in [2.05, 4.69) is 0 Å². The van der Waals surface area contributed by atoms with E-state index in [-0.39, 0.29) is 0 Å². The maximum atomic E-state index is 5.97. The summed E-state index contributed by atoms with van der Waals surface area (Å²) in [5.74, 6) is 0. The SMILES string of the molecule is ClC1CCCC[SiH]1Cl. The van der Waals surface area contributed by atoms with Crippen LogP contribution >= 0.6 is 22.7 Å². The van der Waals surface area contributed by atoms with E-state index in [0.29, 0.717) is 5.00 Å². The van der Waals surface area contributed by atoms with Gasteiger partial charge < -0.3 is 0 Å². The molecule has 0 N–H and O–H groups in total. The lowest BCUT2D eigenvalue weighted by atomic mass is 10.3. The molecule has 2 atom stereocenters. The fourth-order valence-electron chi connectivity index (χ4n) is 1.04. The van der Waals surface area contributed by atoms with E-state index >= 15 is 0 Å². The van der Waals surface area contributed by atoms with Gasteiger partial charge in [0.15, 0.2) is 8.11 Å². The zero-order valence-electron chi connectivity index (χ0n) is 4.74. The Bertz CT molecular complexity index is 66.8. The van der Waals surface area contributed by atoms with Gasteiger partial charge in [0.05, 0.1) is 0 Å².